The summed E-state index contributed by atoms with van der Waals surface area (Å²) >= 11 is 0. The highest BCUT2D eigenvalue weighted by atomic mass is 16.5. The Morgan fingerprint density at radius 1 is 1.58 bits per heavy atom. The molecule has 1 heterocycles. The number of hydrogen-bond acceptors (Lipinski definition) is 3. The third kappa shape index (κ3) is 0.930. The second kappa shape index (κ2) is 2.30. The molecule has 12 heavy (non-hydrogen) atoms. The van der Waals surface area contributed by atoms with Crippen LogP contribution >= 0.6 is 0 Å². The Labute approximate surface area is 72.0 Å². The third-order valence-electron chi connectivity index (χ3n) is 3.14. The number of ether oxygens (including phenoxy) is 2. The van der Waals surface area contributed by atoms with Gasteiger partial charge in [0.15, 0.2) is 5.78 Å². The first kappa shape index (κ1) is 8.20. The normalized spacial score (nSPS) is 46.7. The highest BCUT2D eigenvalue weighted by Gasteiger charge is 2.55. The van der Waals surface area contributed by atoms with Crippen molar-refractivity contribution in [3.05, 3.63) is 0 Å². The lowest BCUT2D eigenvalue weighted by molar-refractivity contribution is -0.146. The Balaban J connectivity index is 2.29. The summed E-state index contributed by atoms with van der Waals surface area (Å²) in [5.74, 6) is 0.196. The van der Waals surface area contributed by atoms with Crippen molar-refractivity contribution in [2.45, 2.75) is 37.4 Å². The molecule has 0 aromatic heterocycles. The van der Waals surface area contributed by atoms with Crippen LogP contribution in [0.3, 0.4) is 0 Å². The van der Waals surface area contributed by atoms with Gasteiger partial charge in [0.1, 0.15) is 5.60 Å². The first-order chi connectivity index (χ1) is 5.60. The van der Waals surface area contributed by atoms with Gasteiger partial charge < -0.3 is 9.47 Å². The lowest BCUT2D eigenvalue weighted by Gasteiger charge is -2.35. The molecule has 1 aliphatic carbocycles. The van der Waals surface area contributed by atoms with Gasteiger partial charge in [0.2, 0.25) is 0 Å². The van der Waals surface area contributed by atoms with Gasteiger partial charge in [-0.3, -0.25) is 4.79 Å². The zero-order valence-electron chi connectivity index (χ0n) is 7.55. The van der Waals surface area contributed by atoms with Crippen LogP contribution in [-0.2, 0) is 14.3 Å². The maximum atomic E-state index is 11.5. The molecular weight excluding hydrogens is 156 g/mol. The van der Waals surface area contributed by atoms with Gasteiger partial charge >= 0.3 is 0 Å². The smallest absolute Gasteiger partial charge is 0.167 e. The molecule has 2 atom stereocenters. The van der Waals surface area contributed by atoms with Crippen LogP contribution in [-0.4, -0.2) is 30.7 Å². The Kier molecular flexibility index (Phi) is 1.57. The van der Waals surface area contributed by atoms with Gasteiger partial charge in [-0.25, -0.2) is 0 Å². The monoisotopic (exact) mass is 170 g/mol. The number of methoxy groups -OCH3 is 1. The summed E-state index contributed by atoms with van der Waals surface area (Å²) in [5.41, 5.74) is -0.752. The quantitative estimate of drug-likeness (QED) is 0.587. The molecule has 2 fully saturated rings. The summed E-state index contributed by atoms with van der Waals surface area (Å²) in [7, 11) is 1.68. The van der Waals surface area contributed by atoms with Gasteiger partial charge in [-0.2, -0.15) is 0 Å². The van der Waals surface area contributed by atoms with Crippen molar-refractivity contribution < 1.29 is 14.3 Å². The minimum atomic E-state index is -0.547. The summed E-state index contributed by atoms with van der Waals surface area (Å²) < 4.78 is 10.9. The van der Waals surface area contributed by atoms with E-state index >= 15 is 0 Å². The molecule has 2 bridgehead atoms. The number of carbonyl (C=O) groups is 1. The van der Waals surface area contributed by atoms with E-state index < -0.39 is 5.60 Å². The molecule has 0 radical (unpaired) electrons. The molecular formula is C9H14O3. The number of ketones is 1. The highest BCUT2D eigenvalue weighted by Crippen LogP contribution is 2.45. The molecule has 0 unspecified atom stereocenters. The Morgan fingerprint density at radius 3 is 2.92 bits per heavy atom. The van der Waals surface area contributed by atoms with E-state index in [0.29, 0.717) is 13.0 Å². The summed E-state index contributed by atoms with van der Waals surface area (Å²) in [6.07, 6.45) is 2.11. The largest absolute Gasteiger partial charge is 0.378 e. The highest BCUT2D eigenvalue weighted by molar-refractivity contribution is 5.90. The molecule has 0 amide bonds. The van der Waals surface area contributed by atoms with E-state index in [2.05, 4.69) is 0 Å². The van der Waals surface area contributed by atoms with E-state index in [1.165, 1.54) is 0 Å². The summed E-state index contributed by atoms with van der Waals surface area (Å²) in [5, 5.41) is 0. The van der Waals surface area contributed by atoms with Crippen molar-refractivity contribution >= 4 is 5.78 Å². The Bertz CT molecular complexity index is 226. The molecule has 3 nitrogen and oxygen atoms in total. The fourth-order valence-corrected chi connectivity index (χ4v) is 2.27. The van der Waals surface area contributed by atoms with Crippen molar-refractivity contribution in [2.24, 2.45) is 0 Å². The van der Waals surface area contributed by atoms with Crippen LogP contribution in [0.4, 0.5) is 0 Å². The molecule has 0 aromatic carbocycles. The molecule has 1 saturated carbocycles. The first-order valence-electron chi connectivity index (χ1n) is 4.33. The summed E-state index contributed by atoms with van der Waals surface area (Å²) in [4.78, 5) is 11.5. The standard InChI is InChI=1S/C9H14O3/c1-8-6-9(11-2,3-4-12-8)5-7(8)10/h3-6H2,1-2H3/t8-,9+/m0/s1. The Hall–Kier alpha value is -0.410. The molecule has 1 saturated heterocycles. The molecule has 2 rings (SSSR count). The zero-order chi connectivity index (χ0) is 8.82. The molecule has 0 aromatic rings. The van der Waals surface area contributed by atoms with Crippen molar-refractivity contribution in [1.82, 2.24) is 0 Å². The topological polar surface area (TPSA) is 35.5 Å². The van der Waals surface area contributed by atoms with Gasteiger partial charge in [0, 0.05) is 26.4 Å². The van der Waals surface area contributed by atoms with E-state index in [1.54, 1.807) is 7.11 Å². The van der Waals surface area contributed by atoms with Crippen LogP contribution in [0.1, 0.15) is 26.2 Å². The number of Topliss-reactive ketones (excluding diaryl/α,β-unsaturated/α-hetero) is 1. The number of rotatable bonds is 1. The number of fused-ring (bicyclic) bond motifs is 2. The van der Waals surface area contributed by atoms with Crippen LogP contribution in [0.25, 0.3) is 0 Å². The van der Waals surface area contributed by atoms with E-state index in [1.807, 2.05) is 6.92 Å². The lowest BCUT2D eigenvalue weighted by atomic mass is 9.92. The molecule has 2 aliphatic rings. The van der Waals surface area contributed by atoms with Crippen LogP contribution in [0, 0.1) is 0 Å². The maximum Gasteiger partial charge on any atom is 0.167 e. The first-order valence-corrected chi connectivity index (χ1v) is 4.33. The Morgan fingerprint density at radius 2 is 2.33 bits per heavy atom. The fourth-order valence-electron chi connectivity index (χ4n) is 2.27. The zero-order valence-corrected chi connectivity index (χ0v) is 7.55. The van der Waals surface area contributed by atoms with Crippen molar-refractivity contribution in [2.75, 3.05) is 13.7 Å². The summed E-state index contributed by atoms with van der Waals surface area (Å²) in [6.45, 7) is 2.52. The van der Waals surface area contributed by atoms with Crippen LogP contribution in [0.2, 0.25) is 0 Å². The van der Waals surface area contributed by atoms with Crippen molar-refractivity contribution in [1.29, 1.82) is 0 Å². The average Bonchev–Trinajstić information content (AvgIpc) is 2.20. The van der Waals surface area contributed by atoms with E-state index in [0.717, 1.165) is 12.8 Å². The van der Waals surface area contributed by atoms with Gasteiger partial charge in [0.05, 0.1) is 12.2 Å². The molecule has 1 aliphatic heterocycles. The predicted octanol–water partition coefficient (Wildman–Crippen LogP) is 0.913. The minimum absolute atomic E-state index is 0.196. The van der Waals surface area contributed by atoms with Crippen LogP contribution in [0.15, 0.2) is 0 Å². The second-order valence-electron chi connectivity index (χ2n) is 3.99. The van der Waals surface area contributed by atoms with Gasteiger partial charge in [-0.05, 0) is 6.92 Å². The maximum absolute atomic E-state index is 11.5. The van der Waals surface area contributed by atoms with Gasteiger partial charge in [0.25, 0.3) is 0 Å². The van der Waals surface area contributed by atoms with E-state index in [9.17, 15) is 4.79 Å². The second-order valence-corrected chi connectivity index (χ2v) is 3.99. The SMILES string of the molecule is CO[C@@]12CCO[C@@](C)(C1)C(=O)C2. The van der Waals surface area contributed by atoms with Crippen molar-refractivity contribution in [3.63, 3.8) is 0 Å². The molecule has 0 N–H and O–H groups in total. The third-order valence-corrected chi connectivity index (χ3v) is 3.14. The lowest BCUT2D eigenvalue weighted by Crippen LogP contribution is -2.41. The minimum Gasteiger partial charge on any atom is -0.378 e. The van der Waals surface area contributed by atoms with E-state index in [-0.39, 0.29) is 11.4 Å². The summed E-state index contributed by atoms with van der Waals surface area (Å²) in [6, 6.07) is 0. The van der Waals surface area contributed by atoms with Gasteiger partial charge in [-0.15, -0.1) is 0 Å². The predicted molar refractivity (Wildman–Crippen MR) is 43.0 cm³/mol. The van der Waals surface area contributed by atoms with Crippen LogP contribution < -0.4 is 0 Å². The van der Waals surface area contributed by atoms with Crippen LogP contribution in [0.5, 0.6) is 0 Å². The molecule has 68 valence electrons. The van der Waals surface area contributed by atoms with Crippen molar-refractivity contribution in [3.8, 4) is 0 Å². The average molecular weight is 170 g/mol. The van der Waals surface area contributed by atoms with Gasteiger partial charge in [-0.1, -0.05) is 0 Å². The molecule has 0 spiro atoms. The van der Waals surface area contributed by atoms with E-state index in [4.69, 9.17) is 9.47 Å². The number of carbonyl (C=O) groups excluding carboxylic acids is 1. The molecule has 3 heteroatoms. The number of hydrogen-bond donors (Lipinski definition) is 0. The fraction of sp³-hybridized carbons (Fsp3) is 0.889.